The molecule has 0 aromatic heterocycles. The third-order valence-corrected chi connectivity index (χ3v) is 3.74. The molecule has 0 saturated carbocycles. The lowest BCUT2D eigenvalue weighted by molar-refractivity contribution is 0.0697. The van der Waals surface area contributed by atoms with Crippen LogP contribution in [-0.2, 0) is 6.61 Å². The fraction of sp³-hybridized carbons (Fsp3) is 0.133. The molecule has 0 aliphatic heterocycles. The first-order valence-corrected chi connectivity index (χ1v) is 7.05. The van der Waals surface area contributed by atoms with Crippen molar-refractivity contribution in [1.29, 1.82) is 0 Å². The van der Waals surface area contributed by atoms with Crippen molar-refractivity contribution in [2.75, 3.05) is 0 Å². The number of carboxylic acids is 1. The summed E-state index contributed by atoms with van der Waals surface area (Å²) in [5.41, 5.74) is 2.03. The summed E-state index contributed by atoms with van der Waals surface area (Å²) in [4.78, 5) is 10.8. The van der Waals surface area contributed by atoms with Gasteiger partial charge in [0.1, 0.15) is 12.4 Å². The number of carboxylic acid groups (broad SMARTS) is 1. The Kier molecular flexibility index (Phi) is 4.68. The summed E-state index contributed by atoms with van der Waals surface area (Å²) in [6.45, 7) is 2.27. The Morgan fingerprint density at radius 2 is 2.05 bits per heavy atom. The SMILES string of the molecule is Cc1ccc(OCc2ccc(C(=O)O)cc2Cl)c(Br)c1. The number of ether oxygens (including phenoxy) is 1. The minimum absolute atomic E-state index is 0.162. The molecule has 0 bridgehead atoms. The fourth-order valence-corrected chi connectivity index (χ4v) is 2.52. The van der Waals surface area contributed by atoms with Crippen molar-refractivity contribution in [2.45, 2.75) is 13.5 Å². The van der Waals surface area contributed by atoms with E-state index in [0.29, 0.717) is 10.8 Å². The topological polar surface area (TPSA) is 46.5 Å². The highest BCUT2D eigenvalue weighted by atomic mass is 79.9. The standard InChI is InChI=1S/C15H12BrClO3/c1-9-2-5-14(12(16)6-9)20-8-11-4-3-10(15(18)19)7-13(11)17/h2-7H,8H2,1H3,(H,18,19). The molecule has 0 atom stereocenters. The van der Waals surface area contributed by atoms with Gasteiger partial charge in [-0.25, -0.2) is 4.79 Å². The lowest BCUT2D eigenvalue weighted by atomic mass is 10.1. The molecule has 0 radical (unpaired) electrons. The van der Waals surface area contributed by atoms with Crippen LogP contribution in [0, 0.1) is 6.92 Å². The van der Waals surface area contributed by atoms with Crippen molar-refractivity contribution < 1.29 is 14.6 Å². The van der Waals surface area contributed by atoms with E-state index >= 15 is 0 Å². The van der Waals surface area contributed by atoms with Gasteiger partial charge in [-0.15, -0.1) is 0 Å². The number of hydrogen-bond acceptors (Lipinski definition) is 2. The largest absolute Gasteiger partial charge is 0.488 e. The molecule has 5 heteroatoms. The first-order valence-electron chi connectivity index (χ1n) is 5.88. The van der Waals surface area contributed by atoms with E-state index in [1.165, 1.54) is 12.1 Å². The summed E-state index contributed by atoms with van der Waals surface area (Å²) in [6, 6.07) is 10.4. The summed E-state index contributed by atoms with van der Waals surface area (Å²) in [7, 11) is 0. The highest BCUT2D eigenvalue weighted by Gasteiger charge is 2.08. The molecule has 0 heterocycles. The van der Waals surface area contributed by atoms with E-state index in [4.69, 9.17) is 21.4 Å². The molecule has 104 valence electrons. The number of aryl methyl sites for hydroxylation is 1. The maximum absolute atomic E-state index is 10.8. The Balaban J connectivity index is 2.13. The van der Waals surface area contributed by atoms with Gasteiger partial charge in [0.15, 0.2) is 0 Å². The molecule has 0 spiro atoms. The Bertz CT molecular complexity index is 656. The summed E-state index contributed by atoms with van der Waals surface area (Å²) in [5, 5.41) is 9.26. The van der Waals surface area contributed by atoms with Crippen LogP contribution in [-0.4, -0.2) is 11.1 Å². The average molecular weight is 356 g/mol. The lowest BCUT2D eigenvalue weighted by Gasteiger charge is -2.10. The number of halogens is 2. The van der Waals surface area contributed by atoms with Crippen LogP contribution < -0.4 is 4.74 Å². The van der Waals surface area contributed by atoms with Crippen LogP contribution in [0.1, 0.15) is 21.5 Å². The molecule has 2 aromatic rings. The average Bonchev–Trinajstić information content (AvgIpc) is 2.38. The molecule has 0 aliphatic carbocycles. The summed E-state index contributed by atoms with van der Waals surface area (Å²) < 4.78 is 6.55. The van der Waals surface area contributed by atoms with Crippen LogP contribution in [0.2, 0.25) is 5.02 Å². The highest BCUT2D eigenvalue weighted by Crippen LogP contribution is 2.27. The van der Waals surface area contributed by atoms with E-state index in [1.807, 2.05) is 25.1 Å². The molecular formula is C15H12BrClO3. The molecule has 0 fully saturated rings. The normalized spacial score (nSPS) is 10.3. The van der Waals surface area contributed by atoms with Crippen molar-refractivity contribution in [3.05, 3.63) is 62.6 Å². The smallest absolute Gasteiger partial charge is 0.335 e. The predicted molar refractivity (Wildman–Crippen MR) is 81.6 cm³/mol. The molecule has 0 saturated heterocycles. The minimum atomic E-state index is -0.999. The third-order valence-electron chi connectivity index (χ3n) is 2.77. The second-order valence-corrected chi connectivity index (χ2v) is 5.60. The summed E-state index contributed by atoms with van der Waals surface area (Å²) in [6.07, 6.45) is 0. The first-order chi connectivity index (χ1) is 9.47. The molecule has 2 aromatic carbocycles. The van der Waals surface area contributed by atoms with Crippen molar-refractivity contribution >= 4 is 33.5 Å². The molecule has 1 N–H and O–H groups in total. The van der Waals surface area contributed by atoms with E-state index in [9.17, 15) is 4.79 Å². The zero-order chi connectivity index (χ0) is 14.7. The van der Waals surface area contributed by atoms with Gasteiger partial charge in [-0.05, 0) is 52.7 Å². The maximum Gasteiger partial charge on any atom is 0.335 e. The minimum Gasteiger partial charge on any atom is -0.488 e. The van der Waals surface area contributed by atoms with Crippen LogP contribution >= 0.6 is 27.5 Å². The van der Waals surface area contributed by atoms with Gasteiger partial charge in [-0.2, -0.15) is 0 Å². The second-order valence-electron chi connectivity index (χ2n) is 4.33. The van der Waals surface area contributed by atoms with Crippen LogP contribution in [0.3, 0.4) is 0 Å². The van der Waals surface area contributed by atoms with Crippen LogP contribution in [0.15, 0.2) is 40.9 Å². The Morgan fingerprint density at radius 1 is 1.30 bits per heavy atom. The predicted octanol–water partition coefficient (Wildman–Crippen LogP) is 4.69. The monoisotopic (exact) mass is 354 g/mol. The molecule has 2 rings (SSSR count). The summed E-state index contributed by atoms with van der Waals surface area (Å²) >= 11 is 9.48. The molecule has 0 amide bonds. The van der Waals surface area contributed by atoms with Crippen LogP contribution in [0.25, 0.3) is 0 Å². The van der Waals surface area contributed by atoms with Crippen LogP contribution in [0.4, 0.5) is 0 Å². The van der Waals surface area contributed by atoms with Crippen LogP contribution in [0.5, 0.6) is 5.75 Å². The number of rotatable bonds is 4. The van der Waals surface area contributed by atoms with Gasteiger partial charge < -0.3 is 9.84 Å². The van der Waals surface area contributed by atoms with Gasteiger partial charge in [0.05, 0.1) is 10.0 Å². The van der Waals surface area contributed by atoms with Crippen molar-refractivity contribution in [3.8, 4) is 5.75 Å². The Labute approximate surface area is 130 Å². The highest BCUT2D eigenvalue weighted by molar-refractivity contribution is 9.10. The van der Waals surface area contributed by atoms with Gasteiger partial charge in [-0.1, -0.05) is 23.7 Å². The van der Waals surface area contributed by atoms with Crippen molar-refractivity contribution in [2.24, 2.45) is 0 Å². The van der Waals surface area contributed by atoms with E-state index < -0.39 is 5.97 Å². The van der Waals surface area contributed by atoms with Crippen molar-refractivity contribution in [3.63, 3.8) is 0 Å². The number of aromatic carboxylic acids is 1. The van der Waals surface area contributed by atoms with E-state index in [-0.39, 0.29) is 12.2 Å². The van der Waals surface area contributed by atoms with E-state index in [1.54, 1.807) is 6.07 Å². The molecular weight excluding hydrogens is 344 g/mol. The number of hydrogen-bond donors (Lipinski definition) is 1. The molecule has 0 unspecified atom stereocenters. The first kappa shape index (κ1) is 14.9. The Morgan fingerprint density at radius 3 is 2.65 bits per heavy atom. The fourth-order valence-electron chi connectivity index (χ4n) is 1.68. The third kappa shape index (κ3) is 3.52. The van der Waals surface area contributed by atoms with Gasteiger partial charge in [0.2, 0.25) is 0 Å². The van der Waals surface area contributed by atoms with Gasteiger partial charge in [0, 0.05) is 10.6 Å². The Hall–Kier alpha value is -1.52. The number of carbonyl (C=O) groups is 1. The van der Waals surface area contributed by atoms with E-state index in [2.05, 4.69) is 15.9 Å². The van der Waals surface area contributed by atoms with Gasteiger partial charge >= 0.3 is 5.97 Å². The lowest BCUT2D eigenvalue weighted by Crippen LogP contribution is -2.00. The molecule has 20 heavy (non-hydrogen) atoms. The zero-order valence-electron chi connectivity index (χ0n) is 10.7. The molecule has 0 aliphatic rings. The zero-order valence-corrected chi connectivity index (χ0v) is 13.0. The van der Waals surface area contributed by atoms with Gasteiger partial charge in [-0.3, -0.25) is 0 Å². The quantitative estimate of drug-likeness (QED) is 0.865. The van der Waals surface area contributed by atoms with Crippen molar-refractivity contribution in [1.82, 2.24) is 0 Å². The van der Waals surface area contributed by atoms with E-state index in [0.717, 1.165) is 15.6 Å². The second kappa shape index (κ2) is 6.29. The number of benzene rings is 2. The van der Waals surface area contributed by atoms with Gasteiger partial charge in [0.25, 0.3) is 0 Å². The maximum atomic E-state index is 10.8. The molecule has 3 nitrogen and oxygen atoms in total. The summed E-state index contributed by atoms with van der Waals surface area (Å²) in [5.74, 6) is -0.283.